The highest BCUT2D eigenvalue weighted by molar-refractivity contribution is 5.90. The van der Waals surface area contributed by atoms with Crippen molar-refractivity contribution >= 4 is 11.8 Å². The summed E-state index contributed by atoms with van der Waals surface area (Å²) in [6.45, 7) is 13.0. The minimum atomic E-state index is -0.463. The summed E-state index contributed by atoms with van der Waals surface area (Å²) in [6.07, 6.45) is 0.695. The Morgan fingerprint density at radius 2 is 1.95 bits per heavy atom. The van der Waals surface area contributed by atoms with Crippen LogP contribution >= 0.6 is 0 Å². The molecule has 0 N–H and O–H groups in total. The molecule has 0 radical (unpaired) electrons. The van der Waals surface area contributed by atoms with Crippen LogP contribution in [0.2, 0.25) is 0 Å². The Hall–Kier alpha value is -1.51. The van der Waals surface area contributed by atoms with E-state index >= 15 is 0 Å². The molecule has 0 spiro atoms. The number of carbonyl (C=O) groups is 1. The van der Waals surface area contributed by atoms with Crippen molar-refractivity contribution in [3.05, 3.63) is 29.3 Å². The number of nitrogens with zero attached hydrogens (tertiary/aromatic N) is 1. The lowest BCUT2D eigenvalue weighted by molar-refractivity contribution is 0.0574. The van der Waals surface area contributed by atoms with E-state index in [1.54, 1.807) is 4.90 Å². The Kier molecular flexibility index (Phi) is 3.57. The van der Waals surface area contributed by atoms with E-state index in [0.717, 1.165) is 12.1 Å². The van der Waals surface area contributed by atoms with Gasteiger partial charge in [0.25, 0.3) is 0 Å². The summed E-state index contributed by atoms with van der Waals surface area (Å²) in [5.74, 6) is 0. The Bertz CT molecular complexity index is 526. The fraction of sp³-hybridized carbons (Fsp3) is 0.588. The number of amides is 1. The summed E-state index contributed by atoms with van der Waals surface area (Å²) >= 11 is 0. The lowest BCUT2D eigenvalue weighted by atomic mass is 9.77. The van der Waals surface area contributed by atoms with Gasteiger partial charge in [-0.25, -0.2) is 4.79 Å². The molecule has 0 bridgehead atoms. The molecule has 0 atom stereocenters. The van der Waals surface area contributed by atoms with Crippen molar-refractivity contribution in [2.24, 2.45) is 0 Å². The lowest BCUT2D eigenvalue weighted by Gasteiger charge is -2.39. The molecule has 110 valence electrons. The third-order valence-corrected chi connectivity index (χ3v) is 3.75. The van der Waals surface area contributed by atoms with Crippen LogP contribution in [0.3, 0.4) is 0 Å². The molecule has 2 rings (SSSR count). The van der Waals surface area contributed by atoms with Crippen LogP contribution < -0.4 is 4.90 Å². The maximum atomic E-state index is 12.4. The topological polar surface area (TPSA) is 29.5 Å². The average Bonchev–Trinajstić information content (AvgIpc) is 2.27. The van der Waals surface area contributed by atoms with Gasteiger partial charge in [0, 0.05) is 6.54 Å². The predicted molar refractivity (Wildman–Crippen MR) is 82.4 cm³/mol. The zero-order chi connectivity index (χ0) is 15.1. The van der Waals surface area contributed by atoms with Gasteiger partial charge in [0.05, 0.1) is 5.69 Å². The molecule has 1 amide bonds. The van der Waals surface area contributed by atoms with E-state index in [0.29, 0.717) is 6.54 Å². The summed E-state index contributed by atoms with van der Waals surface area (Å²) in [7, 11) is 0. The van der Waals surface area contributed by atoms with Gasteiger partial charge in [0.15, 0.2) is 0 Å². The summed E-state index contributed by atoms with van der Waals surface area (Å²) in [4.78, 5) is 14.1. The smallest absolute Gasteiger partial charge is 0.414 e. The van der Waals surface area contributed by atoms with Gasteiger partial charge in [-0.1, -0.05) is 31.5 Å². The molecule has 0 saturated carbocycles. The summed E-state index contributed by atoms with van der Waals surface area (Å²) < 4.78 is 5.52. The maximum absolute atomic E-state index is 12.4. The van der Waals surface area contributed by atoms with Crippen LogP contribution in [0.5, 0.6) is 0 Å². The normalized spacial score (nSPS) is 17.6. The van der Waals surface area contributed by atoms with E-state index in [-0.39, 0.29) is 11.5 Å². The molecule has 3 heteroatoms. The first-order valence-electron chi connectivity index (χ1n) is 7.22. The first kappa shape index (κ1) is 14.9. The Morgan fingerprint density at radius 3 is 2.55 bits per heavy atom. The van der Waals surface area contributed by atoms with Crippen LogP contribution in [0, 0.1) is 6.92 Å². The van der Waals surface area contributed by atoms with E-state index in [2.05, 4.69) is 32.9 Å². The minimum absolute atomic E-state index is 0.0971. The van der Waals surface area contributed by atoms with Gasteiger partial charge in [-0.15, -0.1) is 0 Å². The molecule has 0 aromatic heterocycles. The van der Waals surface area contributed by atoms with Crippen molar-refractivity contribution in [3.8, 4) is 0 Å². The van der Waals surface area contributed by atoms with Crippen LogP contribution in [-0.2, 0) is 10.2 Å². The molecule has 1 aliphatic heterocycles. The van der Waals surface area contributed by atoms with E-state index in [4.69, 9.17) is 4.74 Å². The third kappa shape index (κ3) is 2.97. The van der Waals surface area contributed by atoms with Crippen LogP contribution in [0.1, 0.15) is 52.2 Å². The first-order valence-corrected chi connectivity index (χ1v) is 7.22. The molecule has 0 fully saturated rings. The number of ether oxygens (including phenoxy) is 1. The summed E-state index contributed by atoms with van der Waals surface area (Å²) in [5, 5.41) is 0. The van der Waals surface area contributed by atoms with Crippen LogP contribution in [0.15, 0.2) is 18.2 Å². The van der Waals surface area contributed by atoms with Crippen molar-refractivity contribution in [3.63, 3.8) is 0 Å². The Morgan fingerprint density at radius 1 is 1.30 bits per heavy atom. The standard InChI is InChI=1S/C17H25NO2/c1-12-7-8-14-13(11-12)17(5,6)9-10-18(14)15(19)20-16(2,3)4/h7-8,11H,9-10H2,1-6H3. The number of benzene rings is 1. The minimum Gasteiger partial charge on any atom is -0.443 e. The molecule has 1 aliphatic rings. The number of hydrogen-bond donors (Lipinski definition) is 0. The van der Waals surface area contributed by atoms with Crippen LogP contribution in [0.4, 0.5) is 10.5 Å². The van der Waals surface area contributed by atoms with Gasteiger partial charge in [-0.05, 0) is 51.2 Å². The zero-order valence-corrected chi connectivity index (χ0v) is 13.4. The molecule has 0 aliphatic carbocycles. The Labute approximate surface area is 121 Å². The quantitative estimate of drug-likeness (QED) is 0.701. The van der Waals surface area contributed by atoms with Gasteiger partial charge in [0.2, 0.25) is 0 Å². The zero-order valence-electron chi connectivity index (χ0n) is 13.4. The highest BCUT2D eigenvalue weighted by atomic mass is 16.6. The predicted octanol–water partition coefficient (Wildman–Crippen LogP) is 4.42. The number of aryl methyl sites for hydroxylation is 1. The third-order valence-electron chi connectivity index (χ3n) is 3.75. The fourth-order valence-corrected chi connectivity index (χ4v) is 2.58. The Balaban J connectivity index is 2.38. The van der Waals surface area contributed by atoms with Crippen molar-refractivity contribution in [2.45, 2.75) is 59.0 Å². The van der Waals surface area contributed by atoms with E-state index < -0.39 is 5.60 Å². The second-order valence-electron chi connectivity index (χ2n) is 7.29. The highest BCUT2D eigenvalue weighted by Gasteiger charge is 2.35. The molecular weight excluding hydrogens is 250 g/mol. The SMILES string of the molecule is Cc1ccc2c(c1)C(C)(C)CCN2C(=O)OC(C)(C)C. The van der Waals surface area contributed by atoms with Crippen molar-refractivity contribution < 1.29 is 9.53 Å². The summed E-state index contributed by atoms with van der Waals surface area (Å²) in [6, 6.07) is 6.28. The average molecular weight is 275 g/mol. The number of fused-ring (bicyclic) bond motifs is 1. The number of hydrogen-bond acceptors (Lipinski definition) is 2. The van der Waals surface area contributed by atoms with Gasteiger partial charge < -0.3 is 4.74 Å². The monoisotopic (exact) mass is 275 g/mol. The molecule has 0 unspecified atom stereocenters. The fourth-order valence-electron chi connectivity index (χ4n) is 2.58. The van der Waals surface area contributed by atoms with Gasteiger partial charge in [0.1, 0.15) is 5.60 Å². The molecule has 0 saturated heterocycles. The van der Waals surface area contributed by atoms with E-state index in [1.165, 1.54) is 11.1 Å². The molecule has 1 aromatic rings. The highest BCUT2D eigenvalue weighted by Crippen LogP contribution is 2.40. The van der Waals surface area contributed by atoms with E-state index in [1.807, 2.05) is 26.8 Å². The summed E-state index contributed by atoms with van der Waals surface area (Å²) in [5.41, 5.74) is 3.08. The largest absolute Gasteiger partial charge is 0.443 e. The van der Waals surface area contributed by atoms with Crippen LogP contribution in [0.25, 0.3) is 0 Å². The molecule has 3 nitrogen and oxygen atoms in total. The van der Waals surface area contributed by atoms with Crippen molar-refractivity contribution in [2.75, 3.05) is 11.4 Å². The molecule has 1 heterocycles. The van der Waals surface area contributed by atoms with Gasteiger partial charge in [-0.3, -0.25) is 4.90 Å². The van der Waals surface area contributed by atoms with Crippen LogP contribution in [-0.4, -0.2) is 18.2 Å². The maximum Gasteiger partial charge on any atom is 0.414 e. The van der Waals surface area contributed by atoms with Gasteiger partial charge >= 0.3 is 6.09 Å². The van der Waals surface area contributed by atoms with E-state index in [9.17, 15) is 4.79 Å². The molecular formula is C17H25NO2. The number of rotatable bonds is 0. The second kappa shape index (κ2) is 4.80. The first-order chi connectivity index (χ1) is 9.10. The van der Waals surface area contributed by atoms with Crippen molar-refractivity contribution in [1.29, 1.82) is 0 Å². The molecule has 20 heavy (non-hydrogen) atoms. The number of carbonyl (C=O) groups excluding carboxylic acids is 1. The second-order valence-corrected chi connectivity index (χ2v) is 7.29. The molecule has 1 aromatic carbocycles. The lowest BCUT2D eigenvalue weighted by Crippen LogP contribution is -2.43. The van der Waals surface area contributed by atoms with Crippen molar-refractivity contribution in [1.82, 2.24) is 0 Å². The number of anilines is 1. The van der Waals surface area contributed by atoms with Gasteiger partial charge in [-0.2, -0.15) is 0 Å².